The zero-order valence-corrected chi connectivity index (χ0v) is 15.4. The molecule has 1 fully saturated rings. The van der Waals surface area contributed by atoms with Gasteiger partial charge in [-0.1, -0.05) is 30.3 Å². The van der Waals surface area contributed by atoms with Gasteiger partial charge >= 0.3 is 6.03 Å². The molecule has 1 heterocycles. The summed E-state index contributed by atoms with van der Waals surface area (Å²) in [4.78, 5) is 38.0. The van der Waals surface area contributed by atoms with Crippen LogP contribution in [0.4, 0.5) is 4.79 Å². The van der Waals surface area contributed by atoms with Crippen LogP contribution in [0.3, 0.4) is 0 Å². The maximum atomic E-state index is 12.7. The van der Waals surface area contributed by atoms with E-state index in [-0.39, 0.29) is 18.2 Å². The van der Waals surface area contributed by atoms with Crippen LogP contribution in [0.1, 0.15) is 35.3 Å². The number of nitrogens with one attached hydrogen (secondary N) is 1. The Bertz CT molecular complexity index is 864. The molecular formula is C21H22N2O4. The zero-order valence-electron chi connectivity index (χ0n) is 15.4. The molecule has 1 aliphatic rings. The van der Waals surface area contributed by atoms with Crippen molar-refractivity contribution in [1.29, 1.82) is 0 Å². The van der Waals surface area contributed by atoms with Gasteiger partial charge in [-0.05, 0) is 37.6 Å². The molecule has 3 amide bonds. The van der Waals surface area contributed by atoms with Gasteiger partial charge < -0.3 is 10.1 Å². The highest BCUT2D eigenvalue weighted by Crippen LogP contribution is 2.24. The predicted octanol–water partition coefficient (Wildman–Crippen LogP) is 2.95. The van der Waals surface area contributed by atoms with E-state index in [4.69, 9.17) is 4.74 Å². The minimum Gasteiger partial charge on any atom is -0.494 e. The van der Waals surface area contributed by atoms with Crippen molar-refractivity contribution in [2.45, 2.75) is 32.9 Å². The number of Topliss-reactive ketones (excluding diaryl/α,β-unsaturated/α-hetero) is 1. The Morgan fingerprint density at radius 2 is 1.89 bits per heavy atom. The fourth-order valence-electron chi connectivity index (χ4n) is 3.10. The molecule has 6 nitrogen and oxygen atoms in total. The maximum Gasteiger partial charge on any atom is 0.325 e. The first-order valence-corrected chi connectivity index (χ1v) is 8.92. The van der Waals surface area contributed by atoms with Crippen LogP contribution in [0.25, 0.3) is 0 Å². The first-order valence-electron chi connectivity index (χ1n) is 8.92. The van der Waals surface area contributed by atoms with E-state index >= 15 is 0 Å². The number of carbonyl (C=O) groups excluding carboxylic acids is 3. The first-order chi connectivity index (χ1) is 13.0. The molecule has 3 rings (SSSR count). The third-order valence-corrected chi connectivity index (χ3v) is 4.48. The summed E-state index contributed by atoms with van der Waals surface area (Å²) in [5.41, 5.74) is 2.13. The number of rotatable bonds is 7. The number of hydrogen-bond donors (Lipinski definition) is 1. The molecule has 27 heavy (non-hydrogen) atoms. The largest absolute Gasteiger partial charge is 0.494 e. The van der Waals surface area contributed by atoms with Crippen molar-refractivity contribution in [1.82, 2.24) is 10.2 Å². The lowest BCUT2D eigenvalue weighted by atomic mass is 10.0. The number of benzene rings is 2. The highest BCUT2D eigenvalue weighted by atomic mass is 16.5. The second kappa shape index (κ2) is 8.03. The van der Waals surface area contributed by atoms with E-state index in [0.717, 1.165) is 5.56 Å². The van der Waals surface area contributed by atoms with Crippen molar-refractivity contribution in [2.75, 3.05) is 6.61 Å². The molecule has 6 heteroatoms. The molecule has 2 aromatic carbocycles. The third-order valence-electron chi connectivity index (χ3n) is 4.48. The van der Waals surface area contributed by atoms with E-state index in [9.17, 15) is 14.4 Å². The van der Waals surface area contributed by atoms with Crippen LogP contribution in [0.5, 0.6) is 5.75 Å². The fourth-order valence-corrected chi connectivity index (χ4v) is 3.10. The van der Waals surface area contributed by atoms with E-state index in [1.54, 1.807) is 18.2 Å². The molecular weight excluding hydrogens is 344 g/mol. The molecule has 1 atom stereocenters. The summed E-state index contributed by atoms with van der Waals surface area (Å²) >= 11 is 0. The molecule has 1 unspecified atom stereocenters. The average Bonchev–Trinajstić information content (AvgIpc) is 2.91. The molecule has 1 aliphatic heterocycles. The summed E-state index contributed by atoms with van der Waals surface area (Å²) in [6, 6.07) is 13.6. The molecule has 0 saturated carbocycles. The number of hydrogen-bond acceptors (Lipinski definition) is 4. The van der Waals surface area contributed by atoms with Crippen molar-refractivity contribution >= 4 is 17.7 Å². The number of urea groups is 1. The normalized spacial score (nSPS) is 16.4. The number of ether oxygens (including phenoxy) is 1. The van der Waals surface area contributed by atoms with Crippen molar-refractivity contribution in [3.05, 3.63) is 65.2 Å². The lowest BCUT2D eigenvalue weighted by Crippen LogP contribution is -2.32. The SMILES string of the molecule is CCOc1ccc(C(C)=O)cc1CN1C(=O)NC(Cc2ccccc2)C1=O. The quantitative estimate of drug-likeness (QED) is 0.604. The van der Waals surface area contributed by atoms with Gasteiger partial charge in [-0.2, -0.15) is 0 Å². The molecule has 2 aromatic rings. The minimum absolute atomic E-state index is 0.0619. The van der Waals surface area contributed by atoms with Crippen LogP contribution in [0.15, 0.2) is 48.5 Å². The fraction of sp³-hybridized carbons (Fsp3) is 0.286. The molecule has 0 spiro atoms. The molecule has 0 aromatic heterocycles. The zero-order chi connectivity index (χ0) is 19.4. The van der Waals surface area contributed by atoms with Gasteiger partial charge in [-0.25, -0.2) is 4.79 Å². The van der Waals surface area contributed by atoms with E-state index in [1.807, 2.05) is 37.3 Å². The van der Waals surface area contributed by atoms with Gasteiger partial charge in [0.2, 0.25) is 0 Å². The van der Waals surface area contributed by atoms with Crippen molar-refractivity contribution in [3.63, 3.8) is 0 Å². The summed E-state index contributed by atoms with van der Waals surface area (Å²) in [6.07, 6.45) is 0.438. The Morgan fingerprint density at radius 1 is 1.15 bits per heavy atom. The molecule has 1 saturated heterocycles. The second-order valence-electron chi connectivity index (χ2n) is 6.43. The van der Waals surface area contributed by atoms with Crippen LogP contribution >= 0.6 is 0 Å². The highest BCUT2D eigenvalue weighted by Gasteiger charge is 2.38. The Kier molecular flexibility index (Phi) is 5.54. The van der Waals surface area contributed by atoms with Gasteiger partial charge in [0.05, 0.1) is 13.2 Å². The van der Waals surface area contributed by atoms with Gasteiger partial charge in [0, 0.05) is 17.5 Å². The molecule has 1 N–H and O–H groups in total. The van der Waals surface area contributed by atoms with Gasteiger partial charge in [0.1, 0.15) is 11.8 Å². The maximum absolute atomic E-state index is 12.7. The van der Waals surface area contributed by atoms with Crippen LogP contribution in [0, 0.1) is 0 Å². The summed E-state index contributed by atoms with van der Waals surface area (Å²) in [7, 11) is 0. The predicted molar refractivity (Wildman–Crippen MR) is 101 cm³/mol. The summed E-state index contributed by atoms with van der Waals surface area (Å²) in [5, 5.41) is 2.74. The van der Waals surface area contributed by atoms with Crippen molar-refractivity contribution in [3.8, 4) is 5.75 Å². The summed E-state index contributed by atoms with van der Waals surface area (Å²) in [6.45, 7) is 3.84. The lowest BCUT2D eigenvalue weighted by molar-refractivity contribution is -0.127. The van der Waals surface area contributed by atoms with Crippen molar-refractivity contribution < 1.29 is 19.1 Å². The Morgan fingerprint density at radius 3 is 2.56 bits per heavy atom. The molecule has 0 aliphatic carbocycles. The van der Waals surface area contributed by atoms with Gasteiger partial charge in [-0.15, -0.1) is 0 Å². The minimum atomic E-state index is -0.591. The van der Waals surface area contributed by atoms with Crippen LogP contribution in [-0.2, 0) is 17.8 Å². The second-order valence-corrected chi connectivity index (χ2v) is 6.43. The Hall–Kier alpha value is -3.15. The Labute approximate surface area is 158 Å². The smallest absolute Gasteiger partial charge is 0.325 e. The standard InChI is InChI=1S/C21H22N2O4/c1-3-27-19-10-9-16(14(2)24)12-17(19)13-23-20(25)18(22-21(23)26)11-15-7-5-4-6-8-15/h4-10,12,18H,3,11,13H2,1-2H3,(H,22,26). The van der Waals surface area contributed by atoms with E-state index < -0.39 is 12.1 Å². The average molecular weight is 366 g/mol. The van der Waals surface area contributed by atoms with Gasteiger partial charge in [0.25, 0.3) is 5.91 Å². The number of ketones is 1. The number of amides is 3. The summed E-state index contributed by atoms with van der Waals surface area (Å²) in [5.74, 6) is 0.201. The first kappa shape index (κ1) is 18.6. The monoisotopic (exact) mass is 366 g/mol. The van der Waals surface area contributed by atoms with Crippen LogP contribution in [0.2, 0.25) is 0 Å². The Balaban J connectivity index is 1.80. The lowest BCUT2D eigenvalue weighted by Gasteiger charge is -2.17. The van der Waals surface area contributed by atoms with Crippen LogP contribution in [-0.4, -0.2) is 35.3 Å². The number of nitrogens with zero attached hydrogens (tertiary/aromatic N) is 1. The van der Waals surface area contributed by atoms with Crippen molar-refractivity contribution in [2.24, 2.45) is 0 Å². The van der Waals surface area contributed by atoms with Gasteiger partial charge in [-0.3, -0.25) is 14.5 Å². The third kappa shape index (κ3) is 4.16. The molecule has 0 bridgehead atoms. The molecule has 140 valence electrons. The van der Waals surface area contributed by atoms with Crippen LogP contribution < -0.4 is 10.1 Å². The van der Waals surface area contributed by atoms with E-state index in [2.05, 4.69) is 5.32 Å². The van der Waals surface area contributed by atoms with E-state index in [0.29, 0.717) is 29.9 Å². The molecule has 0 radical (unpaired) electrons. The van der Waals surface area contributed by atoms with E-state index in [1.165, 1.54) is 11.8 Å². The number of carbonyl (C=O) groups is 3. The van der Waals surface area contributed by atoms with Gasteiger partial charge in [0.15, 0.2) is 5.78 Å². The number of imide groups is 1. The summed E-state index contributed by atoms with van der Waals surface area (Å²) < 4.78 is 5.59. The topological polar surface area (TPSA) is 75.7 Å². The highest BCUT2D eigenvalue weighted by molar-refractivity contribution is 6.04.